The summed E-state index contributed by atoms with van der Waals surface area (Å²) in [5, 5.41) is 0. The minimum absolute atomic E-state index is 0.563. The van der Waals surface area contributed by atoms with Crippen molar-refractivity contribution in [1.29, 1.82) is 0 Å². The van der Waals surface area contributed by atoms with Crippen LogP contribution < -0.4 is 0 Å². The van der Waals surface area contributed by atoms with Gasteiger partial charge in [-0.15, -0.1) is 0 Å². The number of halogens is 1. The van der Waals surface area contributed by atoms with Crippen molar-refractivity contribution in [2.24, 2.45) is 5.92 Å². The van der Waals surface area contributed by atoms with Crippen LogP contribution in [0.1, 0.15) is 32.3 Å². The van der Waals surface area contributed by atoms with Gasteiger partial charge in [0.15, 0.2) is 0 Å². The highest BCUT2D eigenvalue weighted by molar-refractivity contribution is 9.10. The third-order valence-corrected chi connectivity index (χ3v) is 2.94. The van der Waals surface area contributed by atoms with Crippen LogP contribution >= 0.6 is 15.9 Å². The third kappa shape index (κ3) is 2.07. The van der Waals surface area contributed by atoms with Crippen molar-refractivity contribution in [2.75, 3.05) is 0 Å². The first kappa shape index (κ1) is 9.72. The summed E-state index contributed by atoms with van der Waals surface area (Å²) in [4.78, 5) is 4.20. The van der Waals surface area contributed by atoms with Gasteiger partial charge in [0.25, 0.3) is 0 Å². The highest BCUT2D eigenvalue weighted by Gasteiger charge is 2.12. The fraction of sp³-hybridized carbons (Fsp3) is 0.500. The molecule has 1 atom stereocenters. The quantitative estimate of drug-likeness (QED) is 0.704. The van der Waals surface area contributed by atoms with Crippen molar-refractivity contribution in [1.82, 2.24) is 4.98 Å². The maximum Gasteiger partial charge on any atom is 0.109 e. The Morgan fingerprint density at radius 3 is 2.50 bits per heavy atom. The van der Waals surface area contributed by atoms with E-state index in [2.05, 4.69) is 47.8 Å². The molecule has 0 saturated heterocycles. The number of pyridine rings is 1. The van der Waals surface area contributed by atoms with Crippen LogP contribution in [-0.2, 0) is 0 Å². The first-order chi connectivity index (χ1) is 5.63. The predicted octanol–water partition coefficient (Wildman–Crippen LogP) is 3.60. The van der Waals surface area contributed by atoms with Gasteiger partial charge in [0.2, 0.25) is 0 Å². The van der Waals surface area contributed by atoms with Crippen molar-refractivity contribution >= 4 is 15.9 Å². The second kappa shape index (κ2) is 4.04. The van der Waals surface area contributed by atoms with E-state index in [0.717, 1.165) is 4.60 Å². The zero-order valence-electron chi connectivity index (χ0n) is 7.71. The third-order valence-electron chi connectivity index (χ3n) is 2.28. The molecule has 1 unspecified atom stereocenters. The second-order valence-corrected chi connectivity index (χ2v) is 4.17. The number of hydrogen-bond acceptors (Lipinski definition) is 1. The van der Waals surface area contributed by atoms with E-state index < -0.39 is 0 Å². The average molecular weight is 228 g/mol. The van der Waals surface area contributed by atoms with Crippen molar-refractivity contribution in [3.63, 3.8) is 0 Å². The normalized spacial score (nSPS) is 13.4. The van der Waals surface area contributed by atoms with Crippen molar-refractivity contribution in [3.8, 4) is 0 Å². The first-order valence-corrected chi connectivity index (χ1v) is 5.02. The van der Waals surface area contributed by atoms with Gasteiger partial charge in [-0.3, -0.25) is 0 Å². The van der Waals surface area contributed by atoms with E-state index in [4.69, 9.17) is 0 Å². The molecule has 0 aliphatic rings. The predicted molar refractivity (Wildman–Crippen MR) is 55.2 cm³/mol. The summed E-state index contributed by atoms with van der Waals surface area (Å²) in [6.07, 6.45) is 1.81. The summed E-state index contributed by atoms with van der Waals surface area (Å²) in [5.41, 5.74) is 1.30. The molecular formula is C10H14BrN. The lowest BCUT2D eigenvalue weighted by atomic mass is 9.92. The Bertz CT molecular complexity index is 258. The van der Waals surface area contributed by atoms with Crippen LogP contribution in [0.4, 0.5) is 0 Å². The molecular weight excluding hydrogens is 214 g/mol. The average Bonchev–Trinajstić information content (AvgIpc) is 2.04. The smallest absolute Gasteiger partial charge is 0.109 e. The van der Waals surface area contributed by atoms with Gasteiger partial charge in [0, 0.05) is 6.20 Å². The van der Waals surface area contributed by atoms with Crippen LogP contribution in [0.15, 0.2) is 22.9 Å². The highest BCUT2D eigenvalue weighted by atomic mass is 79.9. The zero-order chi connectivity index (χ0) is 9.14. The van der Waals surface area contributed by atoms with E-state index in [1.807, 2.05) is 6.07 Å². The fourth-order valence-electron chi connectivity index (χ4n) is 1.10. The fourth-order valence-corrected chi connectivity index (χ4v) is 1.71. The minimum Gasteiger partial charge on any atom is -0.249 e. The Kier molecular flexibility index (Phi) is 3.27. The van der Waals surface area contributed by atoms with Crippen LogP contribution in [-0.4, -0.2) is 4.98 Å². The van der Waals surface area contributed by atoms with Gasteiger partial charge in [-0.2, -0.15) is 0 Å². The maximum absolute atomic E-state index is 4.20. The largest absolute Gasteiger partial charge is 0.249 e. The lowest BCUT2D eigenvalue weighted by Crippen LogP contribution is -2.03. The molecule has 1 heterocycles. The van der Waals surface area contributed by atoms with Crippen LogP contribution in [0.2, 0.25) is 0 Å². The molecule has 1 rings (SSSR count). The molecule has 0 fully saturated rings. The molecule has 1 aromatic rings. The van der Waals surface area contributed by atoms with Gasteiger partial charge >= 0.3 is 0 Å². The van der Waals surface area contributed by atoms with Gasteiger partial charge in [-0.1, -0.05) is 26.8 Å². The van der Waals surface area contributed by atoms with Gasteiger partial charge < -0.3 is 0 Å². The Labute approximate surface area is 82.3 Å². The maximum atomic E-state index is 4.20. The van der Waals surface area contributed by atoms with Crippen LogP contribution in [0.25, 0.3) is 0 Å². The van der Waals surface area contributed by atoms with Gasteiger partial charge in [0.05, 0.1) is 0 Å². The van der Waals surface area contributed by atoms with E-state index in [1.54, 1.807) is 6.20 Å². The summed E-state index contributed by atoms with van der Waals surface area (Å²) in [6.45, 7) is 6.68. The Hall–Kier alpha value is -0.370. The van der Waals surface area contributed by atoms with Crippen LogP contribution in [0.5, 0.6) is 0 Å². The molecule has 0 spiro atoms. The van der Waals surface area contributed by atoms with E-state index >= 15 is 0 Å². The molecule has 0 saturated carbocycles. The van der Waals surface area contributed by atoms with E-state index in [1.165, 1.54) is 5.56 Å². The van der Waals surface area contributed by atoms with Crippen LogP contribution in [0, 0.1) is 5.92 Å². The Morgan fingerprint density at radius 2 is 2.00 bits per heavy atom. The SMILES string of the molecule is CC(C)C(C)c1cccnc1Br. The lowest BCUT2D eigenvalue weighted by Gasteiger charge is -2.16. The zero-order valence-corrected chi connectivity index (χ0v) is 9.30. The van der Waals surface area contributed by atoms with Crippen molar-refractivity contribution in [2.45, 2.75) is 26.7 Å². The number of hydrogen-bond donors (Lipinski definition) is 0. The van der Waals surface area contributed by atoms with E-state index in [-0.39, 0.29) is 0 Å². The number of rotatable bonds is 2. The molecule has 2 heteroatoms. The number of aromatic nitrogens is 1. The molecule has 66 valence electrons. The second-order valence-electron chi connectivity index (χ2n) is 3.42. The first-order valence-electron chi connectivity index (χ1n) is 4.23. The Balaban J connectivity index is 2.94. The molecule has 0 aromatic carbocycles. The molecule has 12 heavy (non-hydrogen) atoms. The molecule has 0 amide bonds. The van der Waals surface area contributed by atoms with Gasteiger partial charge in [-0.25, -0.2) is 4.98 Å². The van der Waals surface area contributed by atoms with Crippen molar-refractivity contribution < 1.29 is 0 Å². The van der Waals surface area contributed by atoms with E-state index in [0.29, 0.717) is 11.8 Å². The topological polar surface area (TPSA) is 12.9 Å². The van der Waals surface area contributed by atoms with Gasteiger partial charge in [-0.05, 0) is 39.4 Å². The molecule has 0 aliphatic carbocycles. The van der Waals surface area contributed by atoms with E-state index in [9.17, 15) is 0 Å². The molecule has 0 aliphatic heterocycles. The summed E-state index contributed by atoms with van der Waals surface area (Å²) in [5.74, 6) is 1.22. The van der Waals surface area contributed by atoms with Gasteiger partial charge in [0.1, 0.15) is 4.60 Å². The summed E-state index contributed by atoms with van der Waals surface area (Å²) >= 11 is 3.45. The monoisotopic (exact) mass is 227 g/mol. The molecule has 0 N–H and O–H groups in total. The van der Waals surface area contributed by atoms with Crippen molar-refractivity contribution in [3.05, 3.63) is 28.5 Å². The molecule has 0 bridgehead atoms. The Morgan fingerprint density at radius 1 is 1.33 bits per heavy atom. The molecule has 0 radical (unpaired) electrons. The minimum atomic E-state index is 0.563. The summed E-state index contributed by atoms with van der Waals surface area (Å²) in [7, 11) is 0. The molecule has 1 aromatic heterocycles. The summed E-state index contributed by atoms with van der Waals surface area (Å²) in [6, 6.07) is 4.11. The highest BCUT2D eigenvalue weighted by Crippen LogP contribution is 2.27. The molecule has 1 nitrogen and oxygen atoms in total. The van der Waals surface area contributed by atoms with Crippen LogP contribution in [0.3, 0.4) is 0 Å². The summed E-state index contributed by atoms with van der Waals surface area (Å²) < 4.78 is 0.978. The number of nitrogens with zero attached hydrogens (tertiary/aromatic N) is 1. The lowest BCUT2D eigenvalue weighted by molar-refractivity contribution is 0.531. The standard InChI is InChI=1S/C10H14BrN/c1-7(2)8(3)9-5-4-6-12-10(9)11/h4-8H,1-3H3.